The molecule has 6 heteroatoms. The van der Waals surface area contributed by atoms with E-state index in [1.165, 1.54) is 248 Å². The molecule has 0 atom stereocenters. The fourth-order valence-electron chi connectivity index (χ4n) is 23.3. The zero-order chi connectivity index (χ0) is 99.1. The molecule has 6 nitrogen and oxygen atoms in total. The average molecular weight is 1910 g/mol. The van der Waals surface area contributed by atoms with Gasteiger partial charge in [0, 0.05) is 98.6 Å². The Balaban J connectivity index is 0.000000108. The van der Waals surface area contributed by atoms with Gasteiger partial charge in [-0.1, -0.05) is 394 Å². The van der Waals surface area contributed by atoms with Crippen LogP contribution in [0.1, 0.15) is 0 Å². The van der Waals surface area contributed by atoms with Crippen LogP contribution in [0.5, 0.6) is 0 Å². The van der Waals surface area contributed by atoms with E-state index >= 15 is 0 Å². The molecule has 702 valence electrons. The predicted molar refractivity (Wildman–Crippen MR) is 634 cm³/mol. The second kappa shape index (κ2) is 37.4. The average Bonchev–Trinajstić information content (AvgIpc) is 1.58. The topological polar surface area (TPSA) is 29.6 Å². The Morgan fingerprint density at radius 2 is 0.273 bits per heavy atom. The van der Waals surface area contributed by atoms with Crippen molar-refractivity contribution >= 4 is 131 Å². The Morgan fingerprint density at radius 1 is 0.0867 bits per heavy atom. The summed E-state index contributed by atoms with van der Waals surface area (Å²) < 4.78 is 14.4. The molecular weight excluding hydrogens is 1810 g/mol. The molecule has 0 unspecified atom stereocenters. The first-order valence-corrected chi connectivity index (χ1v) is 51.6. The quantitative estimate of drug-likeness (QED) is 0.0979. The minimum absolute atomic E-state index is 1.16. The molecule has 0 aliphatic carbocycles. The molecule has 0 radical (unpaired) electrons. The summed E-state index contributed by atoms with van der Waals surface area (Å²) in [4.78, 5) is 0. The molecule has 0 aliphatic rings. The van der Waals surface area contributed by atoms with Gasteiger partial charge in [0.05, 0.1) is 71.9 Å². The summed E-state index contributed by atoms with van der Waals surface area (Å²) in [5, 5.41) is 15.0. The van der Waals surface area contributed by atoms with Crippen molar-refractivity contribution in [1.29, 1.82) is 0 Å². The SMILES string of the molecule is c1ccc(-c2ccc(-n3c4ccccc4c4cc(-c5ccc6c(c5)c5ccccc5n6-c5ccccc5)ccc43)c(-c3ccccc3)c2)cc1.c1ccc(-c2cccc(-n3c4ccccc4c4cc(-c5ccc6c(c5)c5cc(-c7ccccc7)ccc5n6-c5ccccc5)ccc43)c2)cc1.c1ccc(-c2cccc(-n3c4ccccc4c4cc(-c5ccc6c(c5)c5ccc(-c7ccccc7)cc5n6-c5ccccc5)ccc43)c2)cc1. The van der Waals surface area contributed by atoms with Gasteiger partial charge in [-0.2, -0.15) is 0 Å². The fourth-order valence-corrected chi connectivity index (χ4v) is 23.3. The lowest BCUT2D eigenvalue weighted by molar-refractivity contribution is 1.18. The number of hydrogen-bond donors (Lipinski definition) is 0. The van der Waals surface area contributed by atoms with Crippen LogP contribution in [0.3, 0.4) is 0 Å². The minimum atomic E-state index is 1.16. The van der Waals surface area contributed by atoms with Crippen LogP contribution in [0.25, 0.3) is 265 Å². The third-order valence-corrected chi connectivity index (χ3v) is 30.3. The maximum Gasteiger partial charge on any atom is 0.0547 e. The van der Waals surface area contributed by atoms with Gasteiger partial charge in [0.2, 0.25) is 0 Å². The lowest BCUT2D eigenvalue weighted by Crippen LogP contribution is -1.98. The third-order valence-electron chi connectivity index (χ3n) is 30.3. The van der Waals surface area contributed by atoms with Crippen LogP contribution in [0.15, 0.2) is 582 Å². The van der Waals surface area contributed by atoms with E-state index in [9.17, 15) is 0 Å². The Bertz CT molecular complexity index is 10400. The number of para-hydroxylation sites is 7. The number of fused-ring (bicyclic) bond motifs is 18. The number of aromatic nitrogens is 6. The van der Waals surface area contributed by atoms with Crippen molar-refractivity contribution in [1.82, 2.24) is 27.4 Å². The van der Waals surface area contributed by atoms with Gasteiger partial charge in [-0.15, -0.1) is 0 Å². The lowest BCUT2D eigenvalue weighted by Gasteiger charge is -2.16. The normalized spacial score (nSPS) is 11.6. The Hall–Kier alpha value is -19.9. The summed E-state index contributed by atoms with van der Waals surface area (Å²) in [6.45, 7) is 0. The van der Waals surface area contributed by atoms with Crippen LogP contribution >= 0.6 is 0 Å². The van der Waals surface area contributed by atoms with Crippen LogP contribution in [0.2, 0.25) is 0 Å². The van der Waals surface area contributed by atoms with Gasteiger partial charge in [-0.05, 0) is 283 Å². The molecule has 0 bridgehead atoms. The molecule has 6 aromatic heterocycles. The standard InChI is InChI=1S/3C48H32N2/c1-4-14-33(15-5-1)35-24-27-46(41(30-35)34-16-6-2-7-17-34)50-45-23-13-11-21-40(45)43-32-37(26-29-48(43)50)36-25-28-47-42(31-36)39-20-10-12-22-44(39)49(47)38-18-8-3-9-19-38;1-4-13-33(14-5-1)35-17-12-20-40(29-35)50-45-22-11-10-21-41(45)43-30-36(25-28-47(43)50)37-24-27-46-44(31-37)42-26-23-38(34-15-6-2-7-16-34)32-48(42)49(46)39-18-8-3-9-19-39;1-4-13-33(14-5-1)35-17-12-20-40(29-35)50-45-22-11-10-21-41(45)42-31-37(24-27-46(42)50)38-25-28-48-44(32-38)43-30-36(34-15-6-2-7-16-34)23-26-47(43)49(48)39-18-8-3-9-19-39/h3*1-32H. The first-order chi connectivity index (χ1) is 74.4. The molecule has 0 N–H and O–H groups in total. The fraction of sp³-hybridized carbons (Fsp3) is 0. The molecule has 30 rings (SSSR count). The van der Waals surface area contributed by atoms with Crippen LogP contribution < -0.4 is 0 Å². The molecule has 0 aliphatic heterocycles. The summed E-state index contributed by atoms with van der Waals surface area (Å²) in [5.41, 5.74) is 43.3. The molecule has 0 spiro atoms. The van der Waals surface area contributed by atoms with Crippen molar-refractivity contribution in [3.63, 3.8) is 0 Å². The molecule has 0 saturated heterocycles. The summed E-state index contributed by atoms with van der Waals surface area (Å²) >= 11 is 0. The highest BCUT2D eigenvalue weighted by atomic mass is 15.0. The van der Waals surface area contributed by atoms with Gasteiger partial charge < -0.3 is 27.4 Å². The first-order valence-electron chi connectivity index (χ1n) is 51.6. The summed E-state index contributed by atoms with van der Waals surface area (Å²) in [6.07, 6.45) is 0. The highest BCUT2D eigenvalue weighted by Crippen LogP contribution is 2.47. The molecule has 30 aromatic rings. The number of benzene rings is 24. The van der Waals surface area contributed by atoms with E-state index in [0.29, 0.717) is 0 Å². The maximum atomic E-state index is 2.45. The summed E-state index contributed by atoms with van der Waals surface area (Å²) in [7, 11) is 0. The molecule has 6 heterocycles. The Kier molecular flexibility index (Phi) is 21.9. The largest absolute Gasteiger partial charge is 0.309 e. The van der Waals surface area contributed by atoms with Gasteiger partial charge in [0.1, 0.15) is 0 Å². The second-order valence-electron chi connectivity index (χ2n) is 39.0. The van der Waals surface area contributed by atoms with E-state index in [4.69, 9.17) is 0 Å². The molecule has 0 saturated carbocycles. The van der Waals surface area contributed by atoms with Crippen molar-refractivity contribution < 1.29 is 0 Å². The van der Waals surface area contributed by atoms with Gasteiger partial charge in [0.15, 0.2) is 0 Å². The van der Waals surface area contributed by atoms with Crippen LogP contribution in [-0.4, -0.2) is 27.4 Å². The Morgan fingerprint density at radius 3 is 0.587 bits per heavy atom. The Labute approximate surface area is 868 Å². The molecular formula is C144H96N6. The summed E-state index contributed by atoms with van der Waals surface area (Å²) in [5.74, 6) is 0. The smallest absolute Gasteiger partial charge is 0.0547 e. The van der Waals surface area contributed by atoms with Crippen LogP contribution in [0, 0.1) is 0 Å². The second-order valence-corrected chi connectivity index (χ2v) is 39.0. The highest BCUT2D eigenvalue weighted by Gasteiger charge is 2.25. The molecule has 0 amide bonds. The van der Waals surface area contributed by atoms with E-state index in [2.05, 4.69) is 610 Å². The van der Waals surface area contributed by atoms with Crippen molar-refractivity contribution in [2.24, 2.45) is 0 Å². The van der Waals surface area contributed by atoms with Crippen LogP contribution in [-0.2, 0) is 0 Å². The number of rotatable bonds is 15. The van der Waals surface area contributed by atoms with E-state index in [1.807, 2.05) is 0 Å². The van der Waals surface area contributed by atoms with Crippen molar-refractivity contribution in [2.45, 2.75) is 0 Å². The van der Waals surface area contributed by atoms with Crippen LogP contribution in [0.4, 0.5) is 0 Å². The van der Waals surface area contributed by atoms with Crippen molar-refractivity contribution in [3.8, 4) is 134 Å². The zero-order valence-electron chi connectivity index (χ0n) is 82.1. The van der Waals surface area contributed by atoms with E-state index in [-0.39, 0.29) is 0 Å². The van der Waals surface area contributed by atoms with Gasteiger partial charge in [-0.3, -0.25) is 0 Å². The highest BCUT2D eigenvalue weighted by molar-refractivity contribution is 6.18. The van der Waals surface area contributed by atoms with Crippen molar-refractivity contribution in [2.75, 3.05) is 0 Å². The molecule has 0 fully saturated rings. The predicted octanol–water partition coefficient (Wildman–Crippen LogP) is 38.6. The van der Waals surface area contributed by atoms with Gasteiger partial charge in [0.25, 0.3) is 0 Å². The number of nitrogens with zero attached hydrogens (tertiary/aromatic N) is 6. The molecule has 24 aromatic carbocycles. The van der Waals surface area contributed by atoms with E-state index in [0.717, 1.165) is 17.1 Å². The van der Waals surface area contributed by atoms with Crippen molar-refractivity contribution in [3.05, 3.63) is 582 Å². The van der Waals surface area contributed by atoms with Gasteiger partial charge >= 0.3 is 0 Å². The zero-order valence-corrected chi connectivity index (χ0v) is 82.1. The summed E-state index contributed by atoms with van der Waals surface area (Å²) in [6, 6.07) is 211. The maximum absolute atomic E-state index is 2.45. The van der Waals surface area contributed by atoms with E-state index < -0.39 is 0 Å². The monoisotopic (exact) mass is 1910 g/mol. The number of hydrogen-bond acceptors (Lipinski definition) is 0. The minimum Gasteiger partial charge on any atom is -0.309 e. The lowest BCUT2D eigenvalue weighted by atomic mass is 9.97. The van der Waals surface area contributed by atoms with E-state index in [1.54, 1.807) is 0 Å². The van der Waals surface area contributed by atoms with Gasteiger partial charge in [-0.25, -0.2) is 0 Å². The molecule has 150 heavy (non-hydrogen) atoms. The third kappa shape index (κ3) is 15.5. The first kappa shape index (κ1) is 87.8.